The maximum Gasteiger partial charge on any atom is 0.226 e. The number of unbranched alkanes of at least 4 members (excludes halogenated alkanes) is 3. The standard InChI is InChI=1S/C24H37NO4/c1-5-6-17-24(3,4)22(28)16-14-19-13-15-21(27)20(19)11-9-7-8-10-12-23(29)25-18(2)26/h14,16,19-20,22,28H,7-13,15,17H2,1-4H3,(H,25,26,29)/t19-,20-,22-/m1/s1. The van der Waals surface area contributed by atoms with E-state index in [1.807, 2.05) is 26.0 Å². The van der Waals surface area contributed by atoms with Gasteiger partial charge in [-0.05, 0) is 32.1 Å². The number of nitrogens with one attached hydrogen (secondary N) is 1. The van der Waals surface area contributed by atoms with E-state index in [1.165, 1.54) is 6.92 Å². The lowest BCUT2D eigenvalue weighted by Gasteiger charge is -2.26. The van der Waals surface area contributed by atoms with E-state index < -0.39 is 6.10 Å². The van der Waals surface area contributed by atoms with E-state index in [9.17, 15) is 19.5 Å². The second-order valence-electron chi connectivity index (χ2n) is 8.75. The molecule has 0 radical (unpaired) electrons. The van der Waals surface area contributed by atoms with Crippen molar-refractivity contribution in [3.63, 3.8) is 0 Å². The lowest BCUT2D eigenvalue weighted by molar-refractivity contribution is -0.129. The minimum Gasteiger partial charge on any atom is -0.388 e. The summed E-state index contributed by atoms with van der Waals surface area (Å²) in [4.78, 5) is 34.5. The summed E-state index contributed by atoms with van der Waals surface area (Å²) in [6.07, 6.45) is 10.2. The molecule has 1 saturated carbocycles. The second-order valence-corrected chi connectivity index (χ2v) is 8.75. The average Bonchev–Trinajstić information content (AvgIpc) is 3.00. The number of ketones is 1. The third-order valence-corrected chi connectivity index (χ3v) is 5.70. The number of allylic oxidation sites excluding steroid dienone is 1. The van der Waals surface area contributed by atoms with Gasteiger partial charge in [0.1, 0.15) is 5.78 Å². The summed E-state index contributed by atoms with van der Waals surface area (Å²) in [5, 5.41) is 12.8. The van der Waals surface area contributed by atoms with E-state index in [2.05, 4.69) is 17.2 Å². The lowest BCUT2D eigenvalue weighted by atomic mass is 9.82. The minimum atomic E-state index is -0.583. The smallest absolute Gasteiger partial charge is 0.226 e. The van der Waals surface area contributed by atoms with E-state index in [4.69, 9.17) is 0 Å². The molecule has 2 N–H and O–H groups in total. The largest absolute Gasteiger partial charge is 0.388 e. The van der Waals surface area contributed by atoms with Gasteiger partial charge in [0.25, 0.3) is 0 Å². The van der Waals surface area contributed by atoms with Gasteiger partial charge in [0.2, 0.25) is 11.8 Å². The van der Waals surface area contributed by atoms with Crippen molar-refractivity contribution in [3.8, 4) is 11.8 Å². The minimum absolute atomic E-state index is 0.0398. The first kappa shape index (κ1) is 25.1. The zero-order valence-electron chi connectivity index (χ0n) is 18.4. The molecule has 29 heavy (non-hydrogen) atoms. The van der Waals surface area contributed by atoms with Crippen LogP contribution in [0.1, 0.15) is 85.5 Å². The molecule has 1 fully saturated rings. The number of aliphatic hydroxyl groups excluding tert-OH is 1. The Kier molecular flexibility index (Phi) is 10.9. The van der Waals surface area contributed by atoms with Crippen LogP contribution in [0.3, 0.4) is 0 Å². The Morgan fingerprint density at radius 3 is 2.62 bits per heavy atom. The van der Waals surface area contributed by atoms with Crippen LogP contribution in [-0.2, 0) is 14.4 Å². The maximum atomic E-state index is 12.3. The molecule has 0 spiro atoms. The van der Waals surface area contributed by atoms with Crippen molar-refractivity contribution >= 4 is 17.6 Å². The molecule has 162 valence electrons. The number of rotatable bonds is 11. The SMILES string of the molecule is CC#CCC(C)(C)[C@H](O)C=C[C@H]1CCC(=O)[C@@H]1CCCCCCC(=O)NC(C)=O. The third kappa shape index (κ3) is 9.41. The fourth-order valence-electron chi connectivity index (χ4n) is 3.73. The molecule has 1 aliphatic carbocycles. The highest BCUT2D eigenvalue weighted by molar-refractivity contribution is 5.93. The fraction of sp³-hybridized carbons (Fsp3) is 0.708. The first-order valence-electron chi connectivity index (χ1n) is 10.8. The van der Waals surface area contributed by atoms with Crippen LogP contribution < -0.4 is 5.32 Å². The highest BCUT2D eigenvalue weighted by Gasteiger charge is 2.33. The molecule has 5 nitrogen and oxygen atoms in total. The van der Waals surface area contributed by atoms with Crippen LogP contribution in [0.2, 0.25) is 0 Å². The van der Waals surface area contributed by atoms with Gasteiger partial charge in [0.05, 0.1) is 6.10 Å². The molecule has 0 aromatic rings. The van der Waals surface area contributed by atoms with E-state index >= 15 is 0 Å². The molecule has 0 saturated heterocycles. The molecule has 0 unspecified atom stereocenters. The van der Waals surface area contributed by atoms with Crippen LogP contribution in [0, 0.1) is 29.1 Å². The average molecular weight is 404 g/mol. The Morgan fingerprint density at radius 2 is 1.97 bits per heavy atom. The van der Waals surface area contributed by atoms with Gasteiger partial charge in [-0.1, -0.05) is 45.3 Å². The van der Waals surface area contributed by atoms with Gasteiger partial charge in [-0.25, -0.2) is 0 Å². The van der Waals surface area contributed by atoms with E-state index in [0.717, 1.165) is 38.5 Å². The second kappa shape index (κ2) is 12.6. The van der Waals surface area contributed by atoms with Crippen molar-refractivity contribution in [1.29, 1.82) is 0 Å². The van der Waals surface area contributed by atoms with Crippen molar-refractivity contribution < 1.29 is 19.5 Å². The van der Waals surface area contributed by atoms with Gasteiger partial charge in [0, 0.05) is 37.5 Å². The number of Topliss-reactive ketones (excluding diaryl/α,β-unsaturated/α-hetero) is 1. The fourth-order valence-corrected chi connectivity index (χ4v) is 3.73. The zero-order valence-corrected chi connectivity index (χ0v) is 18.4. The summed E-state index contributed by atoms with van der Waals surface area (Å²) in [7, 11) is 0. The predicted octanol–water partition coefficient (Wildman–Crippen LogP) is 3.94. The quantitative estimate of drug-likeness (QED) is 0.311. The van der Waals surface area contributed by atoms with Crippen molar-refractivity contribution in [2.75, 3.05) is 0 Å². The highest BCUT2D eigenvalue weighted by atomic mass is 16.3. The van der Waals surface area contributed by atoms with Gasteiger partial charge >= 0.3 is 0 Å². The summed E-state index contributed by atoms with van der Waals surface area (Å²) in [5.74, 6) is 5.93. The van der Waals surface area contributed by atoms with Gasteiger partial charge in [-0.2, -0.15) is 0 Å². The summed E-state index contributed by atoms with van der Waals surface area (Å²) in [5.41, 5.74) is -0.313. The van der Waals surface area contributed by atoms with Crippen molar-refractivity contribution in [2.45, 2.75) is 91.6 Å². The molecule has 1 aliphatic rings. The topological polar surface area (TPSA) is 83.5 Å². The molecule has 5 heteroatoms. The van der Waals surface area contributed by atoms with E-state index in [1.54, 1.807) is 6.92 Å². The molecule has 3 atom stereocenters. The Hall–Kier alpha value is -1.93. The molecule has 0 aromatic carbocycles. The molecule has 0 heterocycles. The molecule has 0 aromatic heterocycles. The summed E-state index contributed by atoms with van der Waals surface area (Å²) in [6.45, 7) is 7.13. The predicted molar refractivity (Wildman–Crippen MR) is 115 cm³/mol. The summed E-state index contributed by atoms with van der Waals surface area (Å²) in [6, 6.07) is 0. The van der Waals surface area contributed by atoms with Crippen LogP contribution in [-0.4, -0.2) is 28.8 Å². The first-order chi connectivity index (χ1) is 13.7. The Labute approximate surface area is 175 Å². The number of amides is 2. The number of hydrogen-bond donors (Lipinski definition) is 2. The number of aliphatic hydroxyl groups is 1. The normalized spacial score (nSPS) is 20.4. The number of carbonyl (C=O) groups excluding carboxylic acids is 3. The molecule has 0 bridgehead atoms. The first-order valence-corrected chi connectivity index (χ1v) is 10.8. The van der Waals surface area contributed by atoms with Gasteiger partial charge in [-0.3, -0.25) is 19.7 Å². The zero-order chi connectivity index (χ0) is 21.9. The lowest BCUT2D eigenvalue weighted by Crippen LogP contribution is -2.27. The van der Waals surface area contributed by atoms with E-state index in [0.29, 0.717) is 25.0 Å². The van der Waals surface area contributed by atoms with Crippen molar-refractivity contribution in [3.05, 3.63) is 12.2 Å². The maximum absolute atomic E-state index is 12.3. The highest BCUT2D eigenvalue weighted by Crippen LogP contribution is 2.35. The molecule has 2 amide bonds. The van der Waals surface area contributed by atoms with Gasteiger partial charge in [-0.15, -0.1) is 11.8 Å². The molecular weight excluding hydrogens is 366 g/mol. The van der Waals surface area contributed by atoms with Crippen LogP contribution in [0.15, 0.2) is 12.2 Å². The van der Waals surface area contributed by atoms with Crippen LogP contribution in [0.4, 0.5) is 0 Å². The number of carbonyl (C=O) groups is 3. The Bertz CT molecular complexity index is 654. The third-order valence-electron chi connectivity index (χ3n) is 5.70. The van der Waals surface area contributed by atoms with E-state index in [-0.39, 0.29) is 29.1 Å². The Balaban J connectivity index is 2.40. The van der Waals surface area contributed by atoms with Gasteiger partial charge < -0.3 is 5.11 Å². The monoisotopic (exact) mass is 403 g/mol. The van der Waals surface area contributed by atoms with Crippen molar-refractivity contribution in [2.24, 2.45) is 17.3 Å². The number of hydrogen-bond acceptors (Lipinski definition) is 4. The Morgan fingerprint density at radius 1 is 1.28 bits per heavy atom. The van der Waals surface area contributed by atoms with Gasteiger partial charge in [0.15, 0.2) is 0 Å². The summed E-state index contributed by atoms with van der Waals surface area (Å²) >= 11 is 0. The summed E-state index contributed by atoms with van der Waals surface area (Å²) < 4.78 is 0. The van der Waals surface area contributed by atoms with Crippen LogP contribution >= 0.6 is 0 Å². The molecule has 1 rings (SSSR count). The molecule has 0 aliphatic heterocycles. The molecular formula is C24H37NO4. The van der Waals surface area contributed by atoms with Crippen molar-refractivity contribution in [1.82, 2.24) is 5.32 Å². The van der Waals surface area contributed by atoms with Crippen LogP contribution in [0.25, 0.3) is 0 Å². The van der Waals surface area contributed by atoms with Crippen LogP contribution in [0.5, 0.6) is 0 Å². The number of imide groups is 1.